The van der Waals surface area contributed by atoms with E-state index in [0.29, 0.717) is 52.5 Å². The molecule has 7 rings (SSSR count). The molecule has 1 aliphatic carbocycles. The second-order valence-electron chi connectivity index (χ2n) is 13.3. The minimum absolute atomic E-state index is 0.00564. The lowest BCUT2D eigenvalue weighted by molar-refractivity contribution is -0.143. The Morgan fingerprint density at radius 2 is 1.61 bits per heavy atom. The van der Waals surface area contributed by atoms with E-state index in [2.05, 4.69) is 20.9 Å². The molecule has 2 fully saturated rings. The van der Waals surface area contributed by atoms with E-state index >= 15 is 0 Å². The molecule has 3 heterocycles. The van der Waals surface area contributed by atoms with Crippen LogP contribution in [-0.2, 0) is 26.7 Å². The fourth-order valence-corrected chi connectivity index (χ4v) is 7.94. The first-order chi connectivity index (χ1) is 25.7. The highest BCUT2D eigenvalue weighted by molar-refractivity contribution is 9.10. The molecule has 3 aromatic carbocycles. The number of imide groups is 1. The summed E-state index contributed by atoms with van der Waals surface area (Å²) in [6, 6.07) is 20.1. The molecule has 54 heavy (non-hydrogen) atoms. The third-order valence-electron chi connectivity index (χ3n) is 9.98. The third-order valence-corrected chi connectivity index (χ3v) is 10.5. The van der Waals surface area contributed by atoms with Crippen LogP contribution >= 0.6 is 15.9 Å². The van der Waals surface area contributed by atoms with Gasteiger partial charge in [0, 0.05) is 22.2 Å². The quantitative estimate of drug-likeness (QED) is 0.103. The number of hydrogen-bond donors (Lipinski definition) is 1. The number of phenols is 1. The van der Waals surface area contributed by atoms with Gasteiger partial charge in [0.05, 0.1) is 47.1 Å². The number of ether oxygens (including phenoxy) is 2. The number of alkyl halides is 6. The lowest BCUT2D eigenvalue weighted by atomic mass is 9.69. The van der Waals surface area contributed by atoms with Crippen molar-refractivity contribution in [1.82, 2.24) is 4.98 Å². The Morgan fingerprint density at radius 1 is 0.907 bits per heavy atom. The van der Waals surface area contributed by atoms with Gasteiger partial charge in [0.15, 0.2) is 0 Å². The molecule has 280 valence electrons. The Hall–Kier alpha value is -4.95. The zero-order valence-corrected chi connectivity index (χ0v) is 29.8. The van der Waals surface area contributed by atoms with Gasteiger partial charge in [0.25, 0.3) is 0 Å². The number of para-hydroxylation sites is 1. The largest absolute Gasteiger partial charge is 0.507 e. The summed E-state index contributed by atoms with van der Waals surface area (Å²) in [7, 11) is 0. The molecule has 0 saturated carbocycles. The van der Waals surface area contributed by atoms with E-state index in [1.165, 1.54) is 0 Å². The van der Waals surface area contributed by atoms with E-state index in [0.717, 1.165) is 15.6 Å². The molecule has 0 radical (unpaired) electrons. The lowest BCUT2D eigenvalue weighted by Gasteiger charge is -2.31. The number of rotatable bonds is 9. The van der Waals surface area contributed by atoms with Crippen LogP contribution in [0.4, 0.5) is 32.0 Å². The number of halogens is 7. The molecular weight excluding hydrogens is 782 g/mol. The first-order valence-electron chi connectivity index (χ1n) is 17.0. The summed E-state index contributed by atoms with van der Waals surface area (Å²) in [6.07, 6.45) is -6.68. The maximum absolute atomic E-state index is 14.1. The summed E-state index contributed by atoms with van der Waals surface area (Å²) in [5.41, 5.74) is -0.679. The Balaban J connectivity index is 1.23. The number of benzene rings is 3. The van der Waals surface area contributed by atoms with Gasteiger partial charge >= 0.3 is 12.4 Å². The van der Waals surface area contributed by atoms with Crippen LogP contribution in [0.1, 0.15) is 41.6 Å². The van der Waals surface area contributed by atoms with Crippen LogP contribution in [0.2, 0.25) is 0 Å². The van der Waals surface area contributed by atoms with Gasteiger partial charge < -0.3 is 14.6 Å². The van der Waals surface area contributed by atoms with Crippen LogP contribution in [0.25, 0.3) is 11.6 Å². The molecule has 2 aliphatic heterocycles. The summed E-state index contributed by atoms with van der Waals surface area (Å²) in [4.78, 5) is 33.1. The molecule has 3 aliphatic rings. The minimum Gasteiger partial charge on any atom is -0.507 e. The maximum atomic E-state index is 14.1. The normalized spacial score (nSPS) is 21.8. The van der Waals surface area contributed by atoms with E-state index in [4.69, 9.17) is 9.47 Å². The van der Waals surface area contributed by atoms with Gasteiger partial charge in [-0.15, -0.1) is 0 Å². The number of aromatic nitrogens is 1. The molecule has 0 unspecified atom stereocenters. The van der Waals surface area contributed by atoms with Gasteiger partial charge in [-0.25, -0.2) is 4.90 Å². The van der Waals surface area contributed by atoms with Crippen LogP contribution in [0, 0.1) is 17.8 Å². The molecule has 14 heteroatoms. The molecule has 1 aromatic heterocycles. The highest BCUT2D eigenvalue weighted by Crippen LogP contribution is 2.51. The average molecular weight is 814 g/mol. The Morgan fingerprint density at radius 3 is 2.28 bits per heavy atom. The van der Waals surface area contributed by atoms with Gasteiger partial charge in [-0.1, -0.05) is 40.2 Å². The monoisotopic (exact) mass is 812 g/mol. The molecule has 0 spiro atoms. The average Bonchev–Trinajstić information content (AvgIpc) is 3.67. The fourth-order valence-electron chi connectivity index (χ4n) is 7.56. The van der Waals surface area contributed by atoms with Gasteiger partial charge in [-0.3, -0.25) is 14.6 Å². The summed E-state index contributed by atoms with van der Waals surface area (Å²) in [6.45, 7) is 0.00530. The van der Waals surface area contributed by atoms with Crippen molar-refractivity contribution in [3.63, 3.8) is 0 Å². The van der Waals surface area contributed by atoms with E-state index in [1.807, 2.05) is 24.3 Å². The van der Waals surface area contributed by atoms with Crippen molar-refractivity contribution in [2.75, 3.05) is 18.1 Å². The molecule has 1 N–H and O–H groups in total. The van der Waals surface area contributed by atoms with Crippen LogP contribution in [0.15, 0.2) is 107 Å². The molecule has 0 bridgehead atoms. The Bertz CT molecular complexity index is 2110. The number of allylic oxidation sites excluding steroid dienone is 1. The zero-order valence-electron chi connectivity index (χ0n) is 28.2. The number of aromatic hydroxyl groups is 1. The predicted octanol–water partition coefficient (Wildman–Crippen LogP) is 9.51. The fraction of sp³-hybridized carbons (Fsp3) is 0.275. The van der Waals surface area contributed by atoms with Crippen molar-refractivity contribution in [3.05, 3.63) is 129 Å². The van der Waals surface area contributed by atoms with Crippen molar-refractivity contribution >= 4 is 45.1 Å². The second kappa shape index (κ2) is 14.7. The van der Waals surface area contributed by atoms with Crippen LogP contribution in [0.5, 0.6) is 11.5 Å². The molecule has 4 aromatic rings. The molecule has 7 nitrogen and oxygen atoms in total. The lowest BCUT2D eigenvalue weighted by Crippen LogP contribution is -2.35. The van der Waals surface area contributed by atoms with Crippen LogP contribution in [0.3, 0.4) is 0 Å². The summed E-state index contributed by atoms with van der Waals surface area (Å²) >= 11 is 3.44. The SMILES string of the molecule is O=C1[C@@H]2[C@@H](CC(COc3ccccc3)=C3[C@@H](CC/C(=C/c4cc(Br)ccc4O)c4ccccn4)OC[C@@H]32)C(=O)N1c1cc(C(F)(F)F)cc(C(F)(F)F)c1. The predicted molar refractivity (Wildman–Crippen MR) is 190 cm³/mol. The number of pyridine rings is 1. The molecule has 2 amide bonds. The first-order valence-corrected chi connectivity index (χ1v) is 17.8. The number of fused-ring (bicyclic) bond motifs is 3. The van der Waals surface area contributed by atoms with Crippen LogP contribution < -0.4 is 9.64 Å². The summed E-state index contributed by atoms with van der Waals surface area (Å²) in [5.74, 6) is -4.00. The molecular formula is C40H31BrF6N2O5. The van der Waals surface area contributed by atoms with Crippen molar-refractivity contribution < 1.29 is 50.5 Å². The maximum Gasteiger partial charge on any atom is 0.416 e. The van der Waals surface area contributed by atoms with E-state index in [9.17, 15) is 41.0 Å². The Labute approximate surface area is 314 Å². The van der Waals surface area contributed by atoms with E-state index in [-0.39, 0.29) is 31.5 Å². The smallest absolute Gasteiger partial charge is 0.416 e. The standard InChI is InChI=1S/C40H31BrF6N2O5/c41-27-10-11-33(50)23(15-27)14-22(32-8-4-5-13-48-32)9-12-34-35-24(20-53-29-6-2-1-3-7-29)16-30-36(31(35)21-54-34)38(52)49(37(30)51)28-18-25(39(42,43)44)17-26(19-28)40(45,46)47/h1-8,10-11,13-15,17-19,30-31,34,36,50H,9,12,16,20-21H2/b22-14-/t30-,31+,34-,36-/m1/s1. The molecule has 2 saturated heterocycles. The highest BCUT2D eigenvalue weighted by Gasteiger charge is 2.58. The Kier molecular flexibility index (Phi) is 10.2. The minimum atomic E-state index is -5.17. The van der Waals surface area contributed by atoms with Gasteiger partial charge in [0.1, 0.15) is 18.1 Å². The van der Waals surface area contributed by atoms with Crippen molar-refractivity contribution in [2.45, 2.75) is 37.7 Å². The first kappa shape index (κ1) is 37.4. The van der Waals surface area contributed by atoms with E-state index < -0.39 is 64.8 Å². The third kappa shape index (κ3) is 7.54. The molecule has 4 atom stereocenters. The van der Waals surface area contributed by atoms with Gasteiger partial charge in [0.2, 0.25) is 11.8 Å². The van der Waals surface area contributed by atoms with Crippen molar-refractivity contribution in [3.8, 4) is 11.5 Å². The topological polar surface area (TPSA) is 89.0 Å². The number of anilines is 1. The number of hydrogen-bond acceptors (Lipinski definition) is 6. The van der Waals surface area contributed by atoms with Gasteiger partial charge in [-0.2, -0.15) is 26.3 Å². The van der Waals surface area contributed by atoms with Gasteiger partial charge in [-0.05, 0) is 103 Å². The zero-order chi connectivity index (χ0) is 38.4. The number of carbonyl (C=O) groups excluding carboxylic acids is 2. The highest BCUT2D eigenvalue weighted by atomic mass is 79.9. The van der Waals surface area contributed by atoms with Crippen molar-refractivity contribution in [1.29, 1.82) is 0 Å². The summed E-state index contributed by atoms with van der Waals surface area (Å²) in [5, 5.41) is 10.6. The van der Waals surface area contributed by atoms with Crippen LogP contribution in [-0.4, -0.2) is 41.2 Å². The second-order valence-corrected chi connectivity index (χ2v) is 14.2. The van der Waals surface area contributed by atoms with Crippen molar-refractivity contribution in [2.24, 2.45) is 17.8 Å². The number of nitrogens with zero attached hydrogens (tertiary/aromatic N) is 2. The summed E-state index contributed by atoms with van der Waals surface area (Å²) < 4.78 is 95.9. The number of carbonyl (C=O) groups is 2. The van der Waals surface area contributed by atoms with E-state index in [1.54, 1.807) is 54.7 Å². The number of amides is 2. The number of phenolic OH excluding ortho intramolecular Hbond substituents is 1.